The molecule has 0 aliphatic rings. The molecule has 11 aromatic rings. The van der Waals surface area contributed by atoms with Gasteiger partial charge in [-0.05, 0) is 70.8 Å². The molecule has 0 atom stereocenters. The minimum atomic E-state index is 1.17. The summed E-state index contributed by atoms with van der Waals surface area (Å²) < 4.78 is 7.49. The molecule has 0 aliphatic heterocycles. The first-order valence-electron chi connectivity index (χ1n) is 17.4. The topological polar surface area (TPSA) is 9.86 Å². The number of hydrogen-bond acceptors (Lipinski definition) is 1. The maximum absolute atomic E-state index is 2.46. The van der Waals surface area contributed by atoms with E-state index in [9.17, 15) is 0 Å². The van der Waals surface area contributed by atoms with Crippen molar-refractivity contribution in [3.8, 4) is 33.6 Å². The summed E-state index contributed by atoms with van der Waals surface area (Å²) >= 11 is 1.89. The van der Waals surface area contributed by atoms with Gasteiger partial charge in [-0.3, -0.25) is 0 Å². The molecule has 0 amide bonds. The van der Waals surface area contributed by atoms with Crippen LogP contribution >= 0.6 is 11.3 Å². The quantitative estimate of drug-likeness (QED) is 0.177. The molecule has 3 heteroatoms. The molecule has 0 saturated carbocycles. The molecule has 0 spiro atoms. The first-order valence-corrected chi connectivity index (χ1v) is 18.3. The molecular weight excluding hydrogens is 637 g/mol. The lowest BCUT2D eigenvalue weighted by Gasteiger charge is -2.11. The van der Waals surface area contributed by atoms with Crippen molar-refractivity contribution in [1.82, 2.24) is 9.13 Å². The van der Waals surface area contributed by atoms with Gasteiger partial charge >= 0.3 is 0 Å². The summed E-state index contributed by atoms with van der Waals surface area (Å²) in [7, 11) is 0. The lowest BCUT2D eigenvalue weighted by molar-refractivity contribution is 1.18. The van der Waals surface area contributed by atoms with Gasteiger partial charge in [0.1, 0.15) is 0 Å². The van der Waals surface area contributed by atoms with Gasteiger partial charge in [-0.2, -0.15) is 0 Å². The fourth-order valence-corrected chi connectivity index (χ4v) is 9.40. The summed E-state index contributed by atoms with van der Waals surface area (Å²) in [6.45, 7) is 0. The minimum absolute atomic E-state index is 1.17. The molecule has 0 unspecified atom stereocenters. The number of hydrogen-bond donors (Lipinski definition) is 0. The average Bonchev–Trinajstić information content (AvgIpc) is 3.86. The van der Waals surface area contributed by atoms with Gasteiger partial charge in [0.25, 0.3) is 0 Å². The maximum Gasteiger partial charge on any atom is 0.0719 e. The number of benzene rings is 8. The summed E-state index contributed by atoms with van der Waals surface area (Å²) in [5, 5.41) is 7.80. The zero-order chi connectivity index (χ0) is 33.5. The first kappa shape index (κ1) is 28.4. The Morgan fingerprint density at radius 3 is 1.24 bits per heavy atom. The summed E-state index contributed by atoms with van der Waals surface area (Å²) in [6, 6.07) is 66.5. The number of rotatable bonds is 4. The number of aromatic nitrogens is 2. The molecule has 0 N–H and O–H groups in total. The van der Waals surface area contributed by atoms with Crippen LogP contribution in [0.3, 0.4) is 0 Å². The van der Waals surface area contributed by atoms with Gasteiger partial charge in [0.2, 0.25) is 0 Å². The molecule has 3 aromatic heterocycles. The summed E-state index contributed by atoms with van der Waals surface area (Å²) in [6.07, 6.45) is 0. The van der Waals surface area contributed by atoms with Crippen molar-refractivity contribution in [2.75, 3.05) is 0 Å². The number of fused-ring (bicyclic) bond motifs is 10. The van der Waals surface area contributed by atoms with Gasteiger partial charge in [-0.15, -0.1) is 11.3 Å². The third kappa shape index (κ3) is 4.29. The van der Waals surface area contributed by atoms with Crippen molar-refractivity contribution in [2.45, 2.75) is 0 Å². The Balaban J connectivity index is 0.938. The van der Waals surface area contributed by atoms with E-state index in [4.69, 9.17) is 0 Å². The maximum atomic E-state index is 2.46. The van der Waals surface area contributed by atoms with Crippen LogP contribution in [-0.2, 0) is 0 Å². The molecule has 2 nitrogen and oxygen atoms in total. The van der Waals surface area contributed by atoms with Crippen molar-refractivity contribution in [3.63, 3.8) is 0 Å². The molecule has 0 radical (unpaired) electrons. The minimum Gasteiger partial charge on any atom is -0.309 e. The van der Waals surface area contributed by atoms with Crippen molar-refractivity contribution >= 4 is 75.1 Å². The third-order valence-electron chi connectivity index (χ3n) is 10.6. The van der Waals surface area contributed by atoms with Crippen molar-refractivity contribution in [2.24, 2.45) is 0 Å². The van der Waals surface area contributed by atoms with E-state index in [-0.39, 0.29) is 0 Å². The van der Waals surface area contributed by atoms with Crippen LogP contribution in [0.15, 0.2) is 182 Å². The molecule has 11 rings (SSSR count). The van der Waals surface area contributed by atoms with Crippen LogP contribution in [0.2, 0.25) is 0 Å². The van der Waals surface area contributed by atoms with Crippen molar-refractivity contribution in [3.05, 3.63) is 182 Å². The van der Waals surface area contributed by atoms with Crippen molar-refractivity contribution in [1.29, 1.82) is 0 Å². The monoisotopic (exact) mass is 666 g/mol. The zero-order valence-electron chi connectivity index (χ0n) is 27.6. The van der Waals surface area contributed by atoms with Crippen LogP contribution in [-0.4, -0.2) is 9.13 Å². The molecule has 0 bridgehead atoms. The van der Waals surface area contributed by atoms with E-state index in [1.165, 1.54) is 97.4 Å². The highest BCUT2D eigenvalue weighted by atomic mass is 32.1. The Labute approximate surface area is 298 Å². The molecule has 3 heterocycles. The second kappa shape index (κ2) is 11.0. The lowest BCUT2D eigenvalue weighted by Crippen LogP contribution is -1.94. The Kier molecular flexibility index (Phi) is 6.16. The Bertz CT molecular complexity index is 3050. The Hall–Kier alpha value is -6.42. The van der Waals surface area contributed by atoms with Gasteiger partial charge in [-0.25, -0.2) is 0 Å². The van der Waals surface area contributed by atoms with E-state index < -0.39 is 0 Å². The van der Waals surface area contributed by atoms with Gasteiger partial charge < -0.3 is 9.13 Å². The number of para-hydroxylation sites is 3. The van der Waals surface area contributed by atoms with Crippen LogP contribution in [0.4, 0.5) is 0 Å². The van der Waals surface area contributed by atoms with Gasteiger partial charge in [-0.1, -0.05) is 133 Å². The molecular formula is C48H30N2S. The van der Waals surface area contributed by atoms with Crippen LogP contribution in [0.5, 0.6) is 0 Å². The molecule has 238 valence electrons. The van der Waals surface area contributed by atoms with E-state index in [1.54, 1.807) is 0 Å². The van der Waals surface area contributed by atoms with E-state index in [1.807, 2.05) is 11.3 Å². The number of nitrogens with zero attached hydrogens (tertiary/aromatic N) is 2. The Morgan fingerprint density at radius 2 is 0.686 bits per heavy atom. The highest BCUT2D eigenvalue weighted by molar-refractivity contribution is 7.26. The van der Waals surface area contributed by atoms with Crippen molar-refractivity contribution < 1.29 is 0 Å². The van der Waals surface area contributed by atoms with Crippen LogP contribution in [0, 0.1) is 0 Å². The molecule has 8 aromatic carbocycles. The zero-order valence-corrected chi connectivity index (χ0v) is 28.4. The smallest absolute Gasteiger partial charge is 0.0719 e. The second-order valence-corrected chi connectivity index (χ2v) is 14.4. The molecule has 0 saturated heterocycles. The predicted molar refractivity (Wildman–Crippen MR) is 219 cm³/mol. The molecule has 0 fully saturated rings. The average molecular weight is 667 g/mol. The van der Waals surface area contributed by atoms with E-state index in [2.05, 4.69) is 191 Å². The molecule has 51 heavy (non-hydrogen) atoms. The van der Waals surface area contributed by atoms with Gasteiger partial charge in [0.15, 0.2) is 0 Å². The lowest BCUT2D eigenvalue weighted by atomic mass is 10.00. The summed E-state index contributed by atoms with van der Waals surface area (Å²) in [5.41, 5.74) is 12.2. The summed E-state index contributed by atoms with van der Waals surface area (Å²) in [4.78, 5) is 0. The van der Waals surface area contributed by atoms with E-state index in [0.29, 0.717) is 0 Å². The fraction of sp³-hybridized carbons (Fsp3) is 0. The highest BCUT2D eigenvalue weighted by Gasteiger charge is 2.18. The van der Waals surface area contributed by atoms with Crippen LogP contribution in [0.25, 0.3) is 97.4 Å². The standard InChI is InChI=1S/C48H30N2S/c1-5-13-43-37(9-1)38-10-2-6-14-44(38)49(43)35-25-21-33(22-26-35)31-17-19-32(20-18-31)34-23-27-36(28-24-34)50-45-15-7-3-11-39(45)41-29-30-42-40-12-4-8-16-46(40)51-48(42)47(41)50/h1-30H. The van der Waals surface area contributed by atoms with Gasteiger partial charge in [0.05, 0.1) is 26.8 Å². The normalized spacial score (nSPS) is 11.9. The van der Waals surface area contributed by atoms with Crippen LogP contribution in [0.1, 0.15) is 0 Å². The molecule has 0 aliphatic carbocycles. The Morgan fingerprint density at radius 1 is 0.294 bits per heavy atom. The first-order chi connectivity index (χ1) is 25.3. The van der Waals surface area contributed by atoms with Crippen LogP contribution < -0.4 is 0 Å². The second-order valence-electron chi connectivity index (χ2n) is 13.3. The fourth-order valence-electron chi connectivity index (χ4n) is 8.16. The third-order valence-corrected chi connectivity index (χ3v) is 11.8. The van der Waals surface area contributed by atoms with E-state index in [0.717, 1.165) is 0 Å². The van der Waals surface area contributed by atoms with E-state index >= 15 is 0 Å². The number of thiophene rings is 1. The highest BCUT2D eigenvalue weighted by Crippen LogP contribution is 2.43. The summed E-state index contributed by atoms with van der Waals surface area (Å²) in [5.74, 6) is 0. The SMILES string of the molecule is c1ccc2c(c1)sc1c2ccc2c3ccccc3n(-c3ccc(-c4ccc(-c5ccc(-n6c7ccccc7c7ccccc76)cc5)cc4)cc3)c21. The largest absolute Gasteiger partial charge is 0.309 e. The van der Waals surface area contributed by atoms with Gasteiger partial charge in [0, 0.05) is 48.4 Å². The predicted octanol–water partition coefficient (Wildman–Crippen LogP) is 13.6.